The third-order valence-corrected chi connectivity index (χ3v) is 3.83. The molecule has 0 aliphatic heterocycles. The number of anilines is 1. The summed E-state index contributed by atoms with van der Waals surface area (Å²) in [6.07, 6.45) is 7.11. The maximum Gasteiger partial charge on any atom is 0.229 e. The van der Waals surface area contributed by atoms with Crippen LogP contribution in [0.3, 0.4) is 0 Å². The number of allylic oxidation sites excluding steroid dienone is 2. The number of amides is 1. The summed E-state index contributed by atoms with van der Waals surface area (Å²) in [6.45, 7) is 7.89. The van der Waals surface area contributed by atoms with Crippen molar-refractivity contribution in [2.45, 2.75) is 53.4 Å². The summed E-state index contributed by atoms with van der Waals surface area (Å²) in [5, 5.41) is 3.14. The highest BCUT2D eigenvalue weighted by Crippen LogP contribution is 2.34. The van der Waals surface area contributed by atoms with Crippen LogP contribution in [0.15, 0.2) is 24.3 Å². The summed E-state index contributed by atoms with van der Waals surface area (Å²) in [5.74, 6) is 0.0736. The van der Waals surface area contributed by atoms with E-state index in [-0.39, 0.29) is 11.3 Å². The summed E-state index contributed by atoms with van der Waals surface area (Å²) in [4.78, 5) is 12.3. The minimum atomic E-state index is -0.375. The van der Waals surface area contributed by atoms with Crippen molar-refractivity contribution >= 4 is 17.2 Å². The fourth-order valence-corrected chi connectivity index (χ4v) is 2.49. The van der Waals surface area contributed by atoms with Gasteiger partial charge in [0.25, 0.3) is 0 Å². The highest BCUT2D eigenvalue weighted by molar-refractivity contribution is 5.98. The first kappa shape index (κ1) is 14.8. The van der Waals surface area contributed by atoms with Crippen molar-refractivity contribution in [2.24, 2.45) is 5.41 Å². The predicted octanol–water partition coefficient (Wildman–Crippen LogP) is 4.94. The van der Waals surface area contributed by atoms with E-state index in [1.54, 1.807) is 0 Å². The van der Waals surface area contributed by atoms with Gasteiger partial charge in [-0.1, -0.05) is 45.0 Å². The number of hydrogen-bond acceptors (Lipinski definition) is 1. The van der Waals surface area contributed by atoms with Crippen LogP contribution in [0.1, 0.15) is 57.6 Å². The number of carbonyl (C=O) groups excluding carboxylic acids is 1. The molecule has 0 atom stereocenters. The van der Waals surface area contributed by atoms with Gasteiger partial charge in [-0.05, 0) is 43.7 Å². The molecule has 0 aromatic heterocycles. The molecule has 20 heavy (non-hydrogen) atoms. The second kappa shape index (κ2) is 5.82. The molecule has 2 nitrogen and oxygen atoms in total. The standard InChI is InChI=1S/C18H25NO/c1-13-9-8-12-15(14-10-6-5-7-11-14)16(13)19-17(20)18(2,3)4/h8-10,12H,5-7,11H2,1-4H3,(H,19,20). The summed E-state index contributed by atoms with van der Waals surface area (Å²) in [5.41, 5.74) is 4.32. The molecule has 0 radical (unpaired) electrons. The quantitative estimate of drug-likeness (QED) is 0.811. The van der Waals surface area contributed by atoms with E-state index in [0.29, 0.717) is 0 Å². The predicted molar refractivity (Wildman–Crippen MR) is 85.7 cm³/mol. The van der Waals surface area contributed by atoms with Crippen LogP contribution >= 0.6 is 0 Å². The van der Waals surface area contributed by atoms with Crippen molar-refractivity contribution in [1.82, 2.24) is 0 Å². The van der Waals surface area contributed by atoms with Gasteiger partial charge >= 0.3 is 0 Å². The third kappa shape index (κ3) is 3.30. The minimum Gasteiger partial charge on any atom is -0.325 e. The van der Waals surface area contributed by atoms with Crippen molar-refractivity contribution in [2.75, 3.05) is 5.32 Å². The van der Waals surface area contributed by atoms with Crippen molar-refractivity contribution in [3.63, 3.8) is 0 Å². The lowest BCUT2D eigenvalue weighted by atomic mass is 9.90. The van der Waals surface area contributed by atoms with E-state index in [1.165, 1.54) is 24.0 Å². The van der Waals surface area contributed by atoms with Gasteiger partial charge in [-0.2, -0.15) is 0 Å². The first-order valence-corrected chi connectivity index (χ1v) is 7.50. The van der Waals surface area contributed by atoms with Crippen LogP contribution in [-0.4, -0.2) is 5.91 Å². The lowest BCUT2D eigenvalue weighted by molar-refractivity contribution is -0.123. The number of hydrogen-bond donors (Lipinski definition) is 1. The van der Waals surface area contributed by atoms with Crippen LogP contribution in [0.2, 0.25) is 0 Å². The highest BCUT2D eigenvalue weighted by Gasteiger charge is 2.23. The molecule has 1 aliphatic carbocycles. The van der Waals surface area contributed by atoms with Crippen molar-refractivity contribution in [3.8, 4) is 0 Å². The van der Waals surface area contributed by atoms with E-state index >= 15 is 0 Å². The van der Waals surface area contributed by atoms with Crippen molar-refractivity contribution in [3.05, 3.63) is 35.4 Å². The Morgan fingerprint density at radius 1 is 1.20 bits per heavy atom. The number of carbonyl (C=O) groups is 1. The van der Waals surface area contributed by atoms with Crippen LogP contribution in [-0.2, 0) is 4.79 Å². The molecular formula is C18H25NO. The van der Waals surface area contributed by atoms with Gasteiger partial charge < -0.3 is 5.32 Å². The number of aryl methyl sites for hydroxylation is 1. The zero-order valence-corrected chi connectivity index (χ0v) is 13.0. The fourth-order valence-electron chi connectivity index (χ4n) is 2.49. The zero-order chi connectivity index (χ0) is 14.8. The molecule has 2 heteroatoms. The molecule has 108 valence electrons. The van der Waals surface area contributed by atoms with Crippen LogP contribution in [0, 0.1) is 12.3 Å². The Morgan fingerprint density at radius 3 is 2.55 bits per heavy atom. The molecule has 0 bridgehead atoms. The molecule has 0 fully saturated rings. The molecule has 0 saturated heterocycles. The van der Waals surface area contributed by atoms with E-state index in [1.807, 2.05) is 20.8 Å². The average Bonchev–Trinajstić information content (AvgIpc) is 2.41. The average molecular weight is 271 g/mol. The fraction of sp³-hybridized carbons (Fsp3) is 0.500. The van der Waals surface area contributed by atoms with Crippen LogP contribution in [0.5, 0.6) is 0 Å². The second-order valence-corrected chi connectivity index (χ2v) is 6.68. The summed E-state index contributed by atoms with van der Waals surface area (Å²) < 4.78 is 0. The first-order valence-electron chi connectivity index (χ1n) is 7.50. The smallest absolute Gasteiger partial charge is 0.229 e. The molecule has 0 saturated carbocycles. The van der Waals surface area contributed by atoms with Gasteiger partial charge in [-0.15, -0.1) is 0 Å². The number of benzene rings is 1. The van der Waals surface area contributed by atoms with Crippen LogP contribution in [0.4, 0.5) is 5.69 Å². The van der Waals surface area contributed by atoms with Gasteiger partial charge in [0.15, 0.2) is 0 Å². The van der Waals surface area contributed by atoms with Crippen LogP contribution < -0.4 is 5.32 Å². The normalized spacial score (nSPS) is 15.7. The van der Waals surface area contributed by atoms with E-state index in [4.69, 9.17) is 0 Å². The van der Waals surface area contributed by atoms with E-state index in [9.17, 15) is 4.79 Å². The molecule has 0 spiro atoms. The Bertz CT molecular complexity index is 535. The number of para-hydroxylation sites is 1. The highest BCUT2D eigenvalue weighted by atomic mass is 16.2. The molecule has 0 heterocycles. The molecule has 0 unspecified atom stereocenters. The van der Waals surface area contributed by atoms with Gasteiger partial charge in [-0.25, -0.2) is 0 Å². The van der Waals surface area contributed by atoms with Gasteiger partial charge in [0.2, 0.25) is 5.91 Å². The van der Waals surface area contributed by atoms with Gasteiger partial charge in [-0.3, -0.25) is 4.79 Å². The SMILES string of the molecule is Cc1cccc(C2=CCCCC2)c1NC(=O)C(C)(C)C. The molecule has 1 aliphatic rings. The van der Waals surface area contributed by atoms with Crippen molar-refractivity contribution in [1.29, 1.82) is 0 Å². The second-order valence-electron chi connectivity index (χ2n) is 6.68. The van der Waals surface area contributed by atoms with Gasteiger partial charge in [0, 0.05) is 11.0 Å². The summed E-state index contributed by atoms with van der Waals surface area (Å²) in [6, 6.07) is 6.26. The zero-order valence-electron chi connectivity index (χ0n) is 13.0. The minimum absolute atomic E-state index is 0.0736. The maximum absolute atomic E-state index is 12.3. The van der Waals surface area contributed by atoms with Gasteiger partial charge in [0.1, 0.15) is 0 Å². The molecule has 1 aromatic carbocycles. The largest absolute Gasteiger partial charge is 0.325 e. The van der Waals surface area contributed by atoms with Gasteiger partial charge in [0.05, 0.1) is 5.69 Å². The Hall–Kier alpha value is -1.57. The molecule has 1 N–H and O–H groups in total. The number of rotatable bonds is 2. The lowest BCUT2D eigenvalue weighted by Gasteiger charge is -2.22. The number of nitrogens with one attached hydrogen (secondary N) is 1. The Morgan fingerprint density at radius 2 is 1.95 bits per heavy atom. The summed E-state index contributed by atoms with van der Waals surface area (Å²) >= 11 is 0. The summed E-state index contributed by atoms with van der Waals surface area (Å²) in [7, 11) is 0. The third-order valence-electron chi connectivity index (χ3n) is 3.83. The van der Waals surface area contributed by atoms with E-state index in [2.05, 4.69) is 36.5 Å². The Balaban J connectivity index is 2.36. The van der Waals surface area contributed by atoms with Crippen LogP contribution in [0.25, 0.3) is 5.57 Å². The lowest BCUT2D eigenvalue weighted by Crippen LogP contribution is -2.28. The van der Waals surface area contributed by atoms with E-state index in [0.717, 1.165) is 24.1 Å². The Kier molecular flexibility index (Phi) is 4.32. The van der Waals surface area contributed by atoms with E-state index < -0.39 is 0 Å². The topological polar surface area (TPSA) is 29.1 Å². The molecule has 1 aromatic rings. The first-order chi connectivity index (χ1) is 9.39. The monoisotopic (exact) mass is 271 g/mol. The molecular weight excluding hydrogens is 246 g/mol. The van der Waals surface area contributed by atoms with Crippen molar-refractivity contribution < 1.29 is 4.79 Å². The molecule has 1 amide bonds. The molecule has 2 rings (SSSR count). The Labute approximate surface area is 122 Å². The maximum atomic E-state index is 12.3.